The van der Waals surface area contributed by atoms with E-state index >= 15 is 0 Å². The van der Waals surface area contributed by atoms with E-state index < -0.39 is 26.5 Å². The zero-order chi connectivity index (χ0) is 50.6. The van der Waals surface area contributed by atoms with E-state index in [1.165, 1.54) is 238 Å². The van der Waals surface area contributed by atoms with Crippen LogP contribution in [-0.2, 0) is 32.7 Å². The van der Waals surface area contributed by atoms with E-state index in [0.717, 1.165) is 32.1 Å². The molecule has 1 N–H and O–H groups in total. The lowest BCUT2D eigenvalue weighted by molar-refractivity contribution is -0.870. The van der Waals surface area contributed by atoms with Gasteiger partial charge in [-0.1, -0.05) is 264 Å². The molecule has 2 atom stereocenters. The molecule has 0 heterocycles. The average molecular weight is 1000 g/mol. The molecular formula is C59H117NO8P+. The standard InChI is InChI=1S/C59H116NO8P/c1-6-8-10-12-14-16-18-20-22-24-26-28-29-30-31-32-34-36-38-40-42-44-46-48-50-52-59(62)68-57(56-67-69(63,64)66-54-53-60(3,4)5)55-65-58(61)51-49-47-45-43-41-39-37-35-33-27-25-23-21-19-17-15-13-11-9-7-2/h24,26,57H,6-23,25,27-56H2,1-5H3/p+1/b26-24-. The van der Waals surface area contributed by atoms with Crippen molar-refractivity contribution in [1.29, 1.82) is 0 Å². The quantitative estimate of drug-likeness (QED) is 0.0211. The number of nitrogens with zero attached hydrogens (tertiary/aromatic N) is 1. The van der Waals surface area contributed by atoms with Crippen LogP contribution in [0.4, 0.5) is 0 Å². The molecule has 2 unspecified atom stereocenters. The fourth-order valence-corrected chi connectivity index (χ4v) is 9.64. The number of phosphoric acid groups is 1. The van der Waals surface area contributed by atoms with Crippen molar-refractivity contribution in [3.05, 3.63) is 12.2 Å². The normalized spacial score (nSPS) is 13.3. The fraction of sp³-hybridized carbons (Fsp3) is 0.932. The number of hydrogen-bond acceptors (Lipinski definition) is 7. The Morgan fingerprint density at radius 2 is 0.739 bits per heavy atom. The smallest absolute Gasteiger partial charge is 0.462 e. The van der Waals surface area contributed by atoms with Crippen LogP contribution in [-0.4, -0.2) is 74.9 Å². The van der Waals surface area contributed by atoms with Crippen LogP contribution in [0.25, 0.3) is 0 Å². The molecule has 410 valence electrons. The van der Waals surface area contributed by atoms with Crippen molar-refractivity contribution in [1.82, 2.24) is 0 Å². The van der Waals surface area contributed by atoms with Crippen molar-refractivity contribution in [2.75, 3.05) is 47.5 Å². The van der Waals surface area contributed by atoms with E-state index in [9.17, 15) is 19.0 Å². The van der Waals surface area contributed by atoms with Gasteiger partial charge in [0.05, 0.1) is 27.7 Å². The second kappa shape index (κ2) is 51.6. The van der Waals surface area contributed by atoms with Crippen LogP contribution in [0.15, 0.2) is 12.2 Å². The molecule has 0 aliphatic carbocycles. The molecule has 0 aromatic heterocycles. The molecule has 9 nitrogen and oxygen atoms in total. The largest absolute Gasteiger partial charge is 0.472 e. The predicted molar refractivity (Wildman–Crippen MR) is 294 cm³/mol. The lowest BCUT2D eigenvalue weighted by atomic mass is 10.0. The molecule has 0 aromatic rings. The third kappa shape index (κ3) is 55.9. The van der Waals surface area contributed by atoms with E-state index in [1.807, 2.05) is 21.1 Å². The average Bonchev–Trinajstić information content (AvgIpc) is 3.31. The summed E-state index contributed by atoms with van der Waals surface area (Å²) in [6, 6.07) is 0. The van der Waals surface area contributed by atoms with Crippen molar-refractivity contribution in [2.45, 2.75) is 309 Å². The van der Waals surface area contributed by atoms with E-state index in [-0.39, 0.29) is 25.6 Å². The summed E-state index contributed by atoms with van der Waals surface area (Å²) < 4.78 is 34.6. The molecule has 0 spiro atoms. The van der Waals surface area contributed by atoms with Crippen LogP contribution in [0.5, 0.6) is 0 Å². The molecule has 0 rings (SSSR count). The molecule has 0 radical (unpaired) electrons. The first kappa shape index (κ1) is 67.8. The second-order valence-electron chi connectivity index (χ2n) is 21.7. The van der Waals surface area contributed by atoms with Crippen molar-refractivity contribution >= 4 is 19.8 Å². The lowest BCUT2D eigenvalue weighted by Crippen LogP contribution is -2.37. The zero-order valence-electron chi connectivity index (χ0n) is 46.6. The first-order valence-corrected chi connectivity index (χ1v) is 31.4. The van der Waals surface area contributed by atoms with Gasteiger partial charge in [0.2, 0.25) is 0 Å². The van der Waals surface area contributed by atoms with Crippen molar-refractivity contribution < 1.29 is 42.1 Å². The Kier molecular flexibility index (Phi) is 50.7. The van der Waals surface area contributed by atoms with Gasteiger partial charge < -0.3 is 18.9 Å². The van der Waals surface area contributed by atoms with Gasteiger partial charge in [-0.2, -0.15) is 0 Å². The van der Waals surface area contributed by atoms with Crippen LogP contribution >= 0.6 is 7.82 Å². The molecule has 0 fully saturated rings. The molecule has 0 amide bonds. The summed E-state index contributed by atoms with van der Waals surface area (Å²) in [6.45, 7) is 4.50. The topological polar surface area (TPSA) is 108 Å². The van der Waals surface area contributed by atoms with Crippen LogP contribution in [0.1, 0.15) is 303 Å². The number of esters is 2. The highest BCUT2D eigenvalue weighted by molar-refractivity contribution is 7.47. The Balaban J connectivity index is 4.10. The first-order chi connectivity index (χ1) is 33.5. The van der Waals surface area contributed by atoms with Crippen LogP contribution in [0.3, 0.4) is 0 Å². The Morgan fingerprint density at radius 3 is 1.07 bits per heavy atom. The lowest BCUT2D eigenvalue weighted by Gasteiger charge is -2.24. The number of allylic oxidation sites excluding steroid dienone is 2. The minimum absolute atomic E-state index is 0.0358. The fourth-order valence-electron chi connectivity index (χ4n) is 8.90. The Morgan fingerprint density at radius 1 is 0.435 bits per heavy atom. The number of likely N-dealkylation sites (N-methyl/N-ethyl adjacent to an activating group) is 1. The maximum Gasteiger partial charge on any atom is 0.472 e. The van der Waals surface area contributed by atoms with E-state index in [0.29, 0.717) is 23.9 Å². The molecule has 69 heavy (non-hydrogen) atoms. The Hall–Kier alpha value is -1.25. The minimum Gasteiger partial charge on any atom is -0.462 e. The number of phosphoric ester groups is 1. The maximum absolute atomic E-state index is 12.8. The SMILES string of the molecule is CCCCCCCCCC/C=C\CCCCCCCCCCCCCCCC(=O)OC(COC(=O)CCCCCCCCCCCCCCCCCCCCCC)COP(=O)(O)OCC[N+](C)(C)C. The molecule has 0 saturated heterocycles. The number of carbonyl (C=O) groups excluding carboxylic acids is 2. The first-order valence-electron chi connectivity index (χ1n) is 29.9. The van der Waals surface area contributed by atoms with Gasteiger partial charge in [0.25, 0.3) is 0 Å². The number of unbranched alkanes of at least 4 members (excludes halogenated alkanes) is 40. The van der Waals surface area contributed by atoms with E-state index in [4.69, 9.17) is 18.5 Å². The summed E-state index contributed by atoms with van der Waals surface area (Å²) in [7, 11) is 1.50. The molecule has 0 aromatic carbocycles. The van der Waals surface area contributed by atoms with Crippen molar-refractivity contribution in [3.63, 3.8) is 0 Å². The van der Waals surface area contributed by atoms with Gasteiger partial charge in [-0.15, -0.1) is 0 Å². The summed E-state index contributed by atoms with van der Waals surface area (Å²) in [5.41, 5.74) is 0. The summed E-state index contributed by atoms with van der Waals surface area (Å²) >= 11 is 0. The van der Waals surface area contributed by atoms with Crippen LogP contribution in [0, 0.1) is 0 Å². The van der Waals surface area contributed by atoms with Gasteiger partial charge >= 0.3 is 19.8 Å². The van der Waals surface area contributed by atoms with E-state index in [2.05, 4.69) is 26.0 Å². The van der Waals surface area contributed by atoms with Crippen LogP contribution in [0.2, 0.25) is 0 Å². The van der Waals surface area contributed by atoms with Gasteiger partial charge in [-0.25, -0.2) is 4.57 Å². The second-order valence-corrected chi connectivity index (χ2v) is 23.2. The predicted octanol–water partition coefficient (Wildman–Crippen LogP) is 18.4. The molecule has 0 saturated carbocycles. The molecular weight excluding hydrogens is 882 g/mol. The zero-order valence-corrected chi connectivity index (χ0v) is 47.5. The van der Waals surface area contributed by atoms with Gasteiger partial charge in [0, 0.05) is 12.8 Å². The summed E-state index contributed by atoms with van der Waals surface area (Å²) in [5, 5.41) is 0. The Bertz CT molecular complexity index is 1180. The number of hydrogen-bond donors (Lipinski definition) is 1. The summed E-state index contributed by atoms with van der Waals surface area (Å²) in [6.07, 6.45) is 59.9. The third-order valence-electron chi connectivity index (χ3n) is 13.5. The van der Waals surface area contributed by atoms with Crippen molar-refractivity contribution in [2.24, 2.45) is 0 Å². The monoisotopic (exact) mass is 999 g/mol. The minimum atomic E-state index is -4.38. The molecule has 0 bridgehead atoms. The summed E-state index contributed by atoms with van der Waals surface area (Å²) in [5.74, 6) is -0.777. The highest BCUT2D eigenvalue weighted by atomic mass is 31.2. The number of ether oxygens (including phenoxy) is 2. The van der Waals surface area contributed by atoms with Crippen molar-refractivity contribution in [3.8, 4) is 0 Å². The van der Waals surface area contributed by atoms with Gasteiger partial charge in [-0.05, 0) is 38.5 Å². The molecule has 0 aliphatic heterocycles. The summed E-state index contributed by atoms with van der Waals surface area (Å²) in [4.78, 5) is 35.7. The molecule has 10 heteroatoms. The number of rotatable bonds is 56. The van der Waals surface area contributed by atoms with Gasteiger partial charge in [0.1, 0.15) is 19.8 Å². The highest BCUT2D eigenvalue weighted by Gasteiger charge is 2.27. The Labute approximate surface area is 428 Å². The van der Waals surface area contributed by atoms with Gasteiger partial charge in [0.15, 0.2) is 6.10 Å². The molecule has 0 aliphatic rings. The number of carbonyl (C=O) groups is 2. The van der Waals surface area contributed by atoms with Gasteiger partial charge in [-0.3, -0.25) is 18.6 Å². The van der Waals surface area contributed by atoms with E-state index in [1.54, 1.807) is 0 Å². The third-order valence-corrected chi connectivity index (χ3v) is 14.5. The number of quaternary nitrogens is 1. The highest BCUT2D eigenvalue weighted by Crippen LogP contribution is 2.43. The maximum atomic E-state index is 12.8. The van der Waals surface area contributed by atoms with Crippen LogP contribution < -0.4 is 0 Å².